The molecule has 1 aliphatic heterocycles. The number of ether oxygens (including phenoxy) is 1. The molecule has 1 heterocycles. The Morgan fingerprint density at radius 1 is 1.36 bits per heavy atom. The number of halogens is 1. The van der Waals surface area contributed by atoms with Gasteiger partial charge in [0, 0.05) is 4.47 Å². The van der Waals surface area contributed by atoms with Crippen molar-refractivity contribution in [1.29, 1.82) is 0 Å². The highest BCUT2D eigenvalue weighted by atomic mass is 79.9. The van der Waals surface area contributed by atoms with Gasteiger partial charge in [0.1, 0.15) is 5.75 Å². The number of amides is 1. The molecule has 0 radical (unpaired) electrons. The number of hydrogen-bond donors (Lipinski definition) is 1. The Morgan fingerprint density at radius 3 is 2.71 bits per heavy atom. The van der Waals surface area contributed by atoms with Crippen LogP contribution in [-0.4, -0.2) is 18.8 Å². The van der Waals surface area contributed by atoms with E-state index >= 15 is 0 Å². The molecule has 72 valence electrons. The van der Waals surface area contributed by atoms with Crippen LogP contribution < -0.4 is 10.1 Å². The number of carbonyl (C=O) groups excluding carboxylic acids is 2. The van der Waals surface area contributed by atoms with Crippen molar-refractivity contribution in [3.63, 3.8) is 0 Å². The van der Waals surface area contributed by atoms with Gasteiger partial charge in [-0.1, -0.05) is 15.9 Å². The summed E-state index contributed by atoms with van der Waals surface area (Å²) >= 11 is 3.23. The van der Waals surface area contributed by atoms with Crippen LogP contribution in [0.3, 0.4) is 0 Å². The molecule has 0 aliphatic carbocycles. The Labute approximate surface area is 88.4 Å². The van der Waals surface area contributed by atoms with E-state index in [-0.39, 0.29) is 0 Å². The minimum absolute atomic E-state index is 0.348. The van der Waals surface area contributed by atoms with Gasteiger partial charge < -0.3 is 10.1 Å². The molecule has 0 saturated carbocycles. The summed E-state index contributed by atoms with van der Waals surface area (Å²) in [6.07, 6.45) is 0. The highest BCUT2D eigenvalue weighted by Gasteiger charge is 2.30. The maximum absolute atomic E-state index is 11.3. The number of anilines is 1. The number of ketones is 1. The summed E-state index contributed by atoms with van der Waals surface area (Å²) < 4.78 is 5.74. The monoisotopic (exact) mass is 255 g/mol. The number of carbonyl (C=O) groups is 2. The van der Waals surface area contributed by atoms with Gasteiger partial charge in [0.25, 0.3) is 11.7 Å². The molecule has 0 spiro atoms. The smallest absolute Gasteiger partial charge is 0.296 e. The first-order valence-electron chi connectivity index (χ1n) is 3.86. The van der Waals surface area contributed by atoms with Crippen molar-refractivity contribution < 1.29 is 14.3 Å². The Morgan fingerprint density at radius 2 is 2.07 bits per heavy atom. The lowest BCUT2D eigenvalue weighted by Gasteiger charge is -2.05. The number of hydrogen-bond acceptors (Lipinski definition) is 3. The molecule has 1 aromatic rings. The first kappa shape index (κ1) is 9.21. The molecule has 4 nitrogen and oxygen atoms in total. The van der Waals surface area contributed by atoms with E-state index in [1.54, 1.807) is 12.1 Å². The second kappa shape index (κ2) is 3.09. The van der Waals surface area contributed by atoms with E-state index in [1.165, 1.54) is 7.11 Å². The molecule has 0 saturated heterocycles. The molecule has 0 fully saturated rings. The molecule has 14 heavy (non-hydrogen) atoms. The van der Waals surface area contributed by atoms with Crippen molar-refractivity contribution in [2.75, 3.05) is 12.4 Å². The Bertz CT molecular complexity index is 442. The SMILES string of the molecule is COc1cc(Br)cc2c1NC(=O)C2=O. The minimum atomic E-state index is -0.614. The van der Waals surface area contributed by atoms with E-state index in [9.17, 15) is 9.59 Å². The van der Waals surface area contributed by atoms with E-state index in [0.29, 0.717) is 21.5 Å². The molecule has 0 unspecified atom stereocenters. The van der Waals surface area contributed by atoms with E-state index in [2.05, 4.69) is 21.2 Å². The van der Waals surface area contributed by atoms with Crippen LogP contribution >= 0.6 is 15.9 Å². The molecule has 2 rings (SSSR count). The first-order valence-corrected chi connectivity index (χ1v) is 4.66. The zero-order valence-electron chi connectivity index (χ0n) is 7.26. The number of Topliss-reactive ketones (excluding diaryl/α,β-unsaturated/α-hetero) is 1. The highest BCUT2D eigenvalue weighted by molar-refractivity contribution is 9.10. The van der Waals surface area contributed by atoms with Crippen molar-refractivity contribution in [2.24, 2.45) is 0 Å². The first-order chi connectivity index (χ1) is 6.63. The number of methoxy groups -OCH3 is 1. The largest absolute Gasteiger partial charge is 0.495 e. The molecule has 1 aliphatic rings. The lowest BCUT2D eigenvalue weighted by atomic mass is 10.1. The van der Waals surface area contributed by atoms with Crippen LogP contribution in [-0.2, 0) is 4.79 Å². The molecule has 0 bridgehead atoms. The van der Waals surface area contributed by atoms with E-state index in [0.717, 1.165) is 0 Å². The third-order valence-corrected chi connectivity index (χ3v) is 2.43. The molecule has 1 amide bonds. The maximum atomic E-state index is 11.3. The van der Waals surface area contributed by atoms with Crippen LogP contribution in [0.25, 0.3) is 0 Å². The third-order valence-electron chi connectivity index (χ3n) is 1.98. The van der Waals surface area contributed by atoms with Crippen molar-refractivity contribution in [3.8, 4) is 5.75 Å². The molecule has 0 atom stereocenters. The third kappa shape index (κ3) is 1.21. The van der Waals surface area contributed by atoms with Gasteiger partial charge in [-0.2, -0.15) is 0 Å². The minimum Gasteiger partial charge on any atom is -0.495 e. The van der Waals surface area contributed by atoms with Crippen molar-refractivity contribution in [2.45, 2.75) is 0 Å². The number of nitrogens with one attached hydrogen (secondary N) is 1. The van der Waals surface area contributed by atoms with Gasteiger partial charge in [-0.25, -0.2) is 0 Å². The van der Waals surface area contributed by atoms with Crippen LogP contribution in [0.5, 0.6) is 5.75 Å². The summed E-state index contributed by atoms with van der Waals surface area (Å²) in [6.45, 7) is 0. The van der Waals surface area contributed by atoms with Crippen LogP contribution in [0.2, 0.25) is 0 Å². The number of rotatable bonds is 1. The van der Waals surface area contributed by atoms with Crippen molar-refractivity contribution >= 4 is 33.3 Å². The summed E-state index contributed by atoms with van der Waals surface area (Å²) in [5.74, 6) is -0.662. The Balaban J connectivity index is 2.67. The summed E-state index contributed by atoms with van der Waals surface area (Å²) in [4.78, 5) is 22.4. The zero-order chi connectivity index (χ0) is 10.3. The van der Waals surface area contributed by atoms with Gasteiger partial charge in [0.05, 0.1) is 18.4 Å². The normalized spacial score (nSPS) is 13.9. The predicted molar refractivity (Wildman–Crippen MR) is 53.7 cm³/mol. The molecule has 5 heteroatoms. The summed E-state index contributed by atoms with van der Waals surface area (Å²) in [5, 5.41) is 2.46. The van der Waals surface area contributed by atoms with Gasteiger partial charge in [-0.05, 0) is 12.1 Å². The van der Waals surface area contributed by atoms with Gasteiger partial charge in [0.15, 0.2) is 0 Å². The van der Waals surface area contributed by atoms with Crippen LogP contribution in [0, 0.1) is 0 Å². The zero-order valence-corrected chi connectivity index (χ0v) is 8.84. The quantitative estimate of drug-likeness (QED) is 0.776. The fourth-order valence-electron chi connectivity index (χ4n) is 1.34. The van der Waals surface area contributed by atoms with Gasteiger partial charge in [-0.3, -0.25) is 9.59 Å². The highest BCUT2D eigenvalue weighted by Crippen LogP contribution is 2.35. The van der Waals surface area contributed by atoms with Crippen molar-refractivity contribution in [1.82, 2.24) is 0 Å². The Kier molecular flexibility index (Phi) is 2.03. The average Bonchev–Trinajstić information content (AvgIpc) is 2.43. The lowest BCUT2D eigenvalue weighted by molar-refractivity contribution is -0.112. The van der Waals surface area contributed by atoms with Gasteiger partial charge in [-0.15, -0.1) is 0 Å². The topological polar surface area (TPSA) is 55.4 Å². The molecular weight excluding hydrogens is 250 g/mol. The predicted octanol–water partition coefficient (Wildman–Crippen LogP) is 1.59. The van der Waals surface area contributed by atoms with E-state index in [4.69, 9.17) is 4.74 Å². The van der Waals surface area contributed by atoms with Crippen molar-refractivity contribution in [3.05, 3.63) is 22.2 Å². The standard InChI is InChI=1S/C9H6BrNO3/c1-14-6-3-4(10)2-5-7(6)11-9(13)8(5)12/h2-3H,1H3,(H,11,12,13). The number of benzene rings is 1. The number of fused-ring (bicyclic) bond motifs is 1. The molecular formula is C9H6BrNO3. The fourth-order valence-corrected chi connectivity index (χ4v) is 1.78. The summed E-state index contributed by atoms with van der Waals surface area (Å²) in [5.41, 5.74) is 0.798. The average molecular weight is 256 g/mol. The van der Waals surface area contributed by atoms with Gasteiger partial charge in [0.2, 0.25) is 0 Å². The summed E-state index contributed by atoms with van der Waals surface area (Å²) in [7, 11) is 1.48. The maximum Gasteiger partial charge on any atom is 0.296 e. The molecule has 1 N–H and O–H groups in total. The second-order valence-corrected chi connectivity index (χ2v) is 3.73. The molecule has 0 aromatic heterocycles. The fraction of sp³-hybridized carbons (Fsp3) is 0.111. The van der Waals surface area contributed by atoms with E-state index < -0.39 is 11.7 Å². The van der Waals surface area contributed by atoms with Crippen LogP contribution in [0.4, 0.5) is 5.69 Å². The lowest BCUT2D eigenvalue weighted by Crippen LogP contribution is -2.12. The van der Waals surface area contributed by atoms with Crippen LogP contribution in [0.15, 0.2) is 16.6 Å². The van der Waals surface area contributed by atoms with Crippen LogP contribution in [0.1, 0.15) is 10.4 Å². The Hall–Kier alpha value is -1.36. The second-order valence-electron chi connectivity index (χ2n) is 2.81. The molecule has 1 aromatic carbocycles. The summed E-state index contributed by atoms with van der Waals surface area (Å²) in [6, 6.07) is 3.29. The van der Waals surface area contributed by atoms with Gasteiger partial charge >= 0.3 is 0 Å². The van der Waals surface area contributed by atoms with E-state index in [1.807, 2.05) is 0 Å².